The van der Waals surface area contributed by atoms with Crippen LogP contribution in [0.1, 0.15) is 41.8 Å². The van der Waals surface area contributed by atoms with E-state index in [9.17, 15) is 18.0 Å². The van der Waals surface area contributed by atoms with Gasteiger partial charge in [0.1, 0.15) is 0 Å². The van der Waals surface area contributed by atoms with E-state index in [1.165, 1.54) is 12.3 Å². The van der Waals surface area contributed by atoms with Gasteiger partial charge in [0, 0.05) is 45.3 Å². The van der Waals surface area contributed by atoms with Gasteiger partial charge in [0.15, 0.2) is 5.76 Å². The lowest BCUT2D eigenvalue weighted by atomic mass is 10.2. The molecule has 2 aliphatic heterocycles. The highest BCUT2D eigenvalue weighted by Crippen LogP contribution is 2.21. The molecule has 2 aromatic rings. The third-order valence-electron chi connectivity index (χ3n) is 6.11. The summed E-state index contributed by atoms with van der Waals surface area (Å²) in [6, 6.07) is 9.94. The van der Waals surface area contributed by atoms with Crippen molar-refractivity contribution < 1.29 is 22.4 Å². The van der Waals surface area contributed by atoms with Crippen molar-refractivity contribution in [3.8, 4) is 0 Å². The number of hydrogen-bond acceptors (Lipinski definition) is 5. The zero-order valence-electron chi connectivity index (χ0n) is 18.6. The maximum Gasteiger partial charge on any atom is 0.289 e. The molecule has 176 valence electrons. The van der Waals surface area contributed by atoms with Gasteiger partial charge in [0.05, 0.1) is 11.2 Å². The van der Waals surface area contributed by atoms with Crippen LogP contribution in [0.3, 0.4) is 0 Å². The number of amides is 2. The Morgan fingerprint density at radius 3 is 2.06 bits per heavy atom. The SMILES string of the molecule is O=C(C=Cc1ccc(S(=O)(=O)N2CCCCCC2)cc1)N1CCN(C(=O)c2ccco2)CC1. The molecule has 2 aliphatic rings. The monoisotopic (exact) mass is 471 g/mol. The largest absolute Gasteiger partial charge is 0.459 e. The molecule has 0 N–H and O–H groups in total. The molecule has 1 aromatic heterocycles. The molecule has 2 fully saturated rings. The number of carbonyl (C=O) groups is 2. The van der Waals surface area contributed by atoms with Crippen molar-refractivity contribution in [2.24, 2.45) is 0 Å². The van der Waals surface area contributed by atoms with Gasteiger partial charge in [-0.25, -0.2) is 8.42 Å². The Labute approximate surface area is 194 Å². The van der Waals surface area contributed by atoms with Crippen LogP contribution in [-0.2, 0) is 14.8 Å². The molecule has 0 atom stereocenters. The third kappa shape index (κ3) is 5.54. The van der Waals surface area contributed by atoms with Crippen molar-refractivity contribution in [3.63, 3.8) is 0 Å². The number of carbonyl (C=O) groups excluding carboxylic acids is 2. The summed E-state index contributed by atoms with van der Waals surface area (Å²) in [6.45, 7) is 2.92. The molecule has 2 saturated heterocycles. The zero-order chi connectivity index (χ0) is 23.3. The molecule has 0 spiro atoms. The molecule has 0 radical (unpaired) electrons. The lowest BCUT2D eigenvalue weighted by Gasteiger charge is -2.33. The number of rotatable bonds is 5. The Hall–Kier alpha value is -2.91. The summed E-state index contributed by atoms with van der Waals surface area (Å²) in [7, 11) is -3.48. The Bertz CT molecular complexity index is 1080. The van der Waals surface area contributed by atoms with Crippen molar-refractivity contribution in [1.29, 1.82) is 0 Å². The number of benzene rings is 1. The van der Waals surface area contributed by atoms with Crippen LogP contribution in [0.5, 0.6) is 0 Å². The molecule has 9 heteroatoms. The van der Waals surface area contributed by atoms with Crippen LogP contribution in [-0.4, -0.2) is 73.6 Å². The third-order valence-corrected chi connectivity index (χ3v) is 8.02. The summed E-state index contributed by atoms with van der Waals surface area (Å²) in [5.74, 6) is -0.00445. The molecule has 3 heterocycles. The molecule has 33 heavy (non-hydrogen) atoms. The quantitative estimate of drug-likeness (QED) is 0.626. The van der Waals surface area contributed by atoms with E-state index in [1.807, 2.05) is 0 Å². The lowest BCUT2D eigenvalue weighted by molar-refractivity contribution is -0.127. The minimum absolute atomic E-state index is 0.138. The first-order valence-corrected chi connectivity index (χ1v) is 12.8. The summed E-state index contributed by atoms with van der Waals surface area (Å²) in [4.78, 5) is 28.5. The van der Waals surface area contributed by atoms with Crippen LogP contribution in [0.4, 0.5) is 0 Å². The van der Waals surface area contributed by atoms with Crippen LogP contribution in [0.25, 0.3) is 6.08 Å². The second kappa shape index (κ2) is 10.4. The van der Waals surface area contributed by atoms with E-state index < -0.39 is 10.0 Å². The average molecular weight is 472 g/mol. The van der Waals surface area contributed by atoms with E-state index in [1.54, 1.807) is 56.6 Å². The smallest absolute Gasteiger partial charge is 0.289 e. The first kappa shape index (κ1) is 23.3. The highest BCUT2D eigenvalue weighted by atomic mass is 32.2. The van der Waals surface area contributed by atoms with Gasteiger partial charge < -0.3 is 14.2 Å². The Morgan fingerprint density at radius 1 is 0.818 bits per heavy atom. The van der Waals surface area contributed by atoms with Crippen LogP contribution >= 0.6 is 0 Å². The second-order valence-electron chi connectivity index (χ2n) is 8.32. The van der Waals surface area contributed by atoms with E-state index in [0.29, 0.717) is 45.0 Å². The molecule has 4 rings (SSSR count). The van der Waals surface area contributed by atoms with E-state index in [0.717, 1.165) is 31.2 Å². The minimum Gasteiger partial charge on any atom is -0.459 e. The van der Waals surface area contributed by atoms with Gasteiger partial charge in [-0.05, 0) is 48.7 Å². The Balaban J connectivity index is 1.32. The number of nitrogens with zero attached hydrogens (tertiary/aromatic N) is 3. The minimum atomic E-state index is -3.48. The van der Waals surface area contributed by atoms with Crippen LogP contribution < -0.4 is 0 Å². The molecular weight excluding hydrogens is 442 g/mol. The average Bonchev–Trinajstić information content (AvgIpc) is 3.24. The molecule has 0 bridgehead atoms. The van der Waals surface area contributed by atoms with Gasteiger partial charge in [0.2, 0.25) is 15.9 Å². The summed E-state index contributed by atoms with van der Waals surface area (Å²) < 4.78 is 32.5. The van der Waals surface area contributed by atoms with Crippen molar-refractivity contribution in [1.82, 2.24) is 14.1 Å². The van der Waals surface area contributed by atoms with E-state index in [2.05, 4.69) is 0 Å². The van der Waals surface area contributed by atoms with Crippen LogP contribution in [0, 0.1) is 0 Å². The van der Waals surface area contributed by atoms with Gasteiger partial charge in [-0.3, -0.25) is 9.59 Å². The normalized spacial score (nSPS) is 18.4. The number of hydrogen-bond donors (Lipinski definition) is 0. The molecule has 8 nitrogen and oxygen atoms in total. The van der Waals surface area contributed by atoms with Crippen molar-refractivity contribution in [3.05, 3.63) is 60.1 Å². The summed E-state index contributed by atoms with van der Waals surface area (Å²) in [6.07, 6.45) is 8.57. The van der Waals surface area contributed by atoms with Crippen LogP contribution in [0.2, 0.25) is 0 Å². The molecule has 2 amide bonds. The maximum atomic E-state index is 12.9. The number of sulfonamides is 1. The summed E-state index contributed by atoms with van der Waals surface area (Å²) in [5, 5.41) is 0. The van der Waals surface area contributed by atoms with Crippen molar-refractivity contribution in [2.75, 3.05) is 39.3 Å². The predicted octanol–water partition coefficient (Wildman–Crippen LogP) is 2.84. The molecule has 0 saturated carbocycles. The first-order valence-electron chi connectivity index (χ1n) is 11.4. The summed E-state index contributed by atoms with van der Waals surface area (Å²) >= 11 is 0. The summed E-state index contributed by atoms with van der Waals surface area (Å²) in [5.41, 5.74) is 0.754. The number of piperazine rings is 1. The molecule has 0 unspecified atom stereocenters. The molecule has 1 aromatic carbocycles. The Kier molecular flexibility index (Phi) is 7.29. The predicted molar refractivity (Wildman–Crippen MR) is 124 cm³/mol. The zero-order valence-corrected chi connectivity index (χ0v) is 19.4. The van der Waals surface area contributed by atoms with E-state index in [4.69, 9.17) is 4.42 Å². The van der Waals surface area contributed by atoms with E-state index >= 15 is 0 Å². The van der Waals surface area contributed by atoms with Gasteiger partial charge >= 0.3 is 0 Å². The number of furan rings is 1. The molecule has 0 aliphatic carbocycles. The van der Waals surface area contributed by atoms with Gasteiger partial charge in [-0.1, -0.05) is 25.0 Å². The van der Waals surface area contributed by atoms with Crippen LogP contribution in [0.15, 0.2) is 58.1 Å². The van der Waals surface area contributed by atoms with Gasteiger partial charge in [0.25, 0.3) is 5.91 Å². The lowest BCUT2D eigenvalue weighted by Crippen LogP contribution is -2.50. The fraction of sp³-hybridized carbons (Fsp3) is 0.417. The van der Waals surface area contributed by atoms with Gasteiger partial charge in [-0.15, -0.1) is 0 Å². The topological polar surface area (TPSA) is 91.1 Å². The Morgan fingerprint density at radius 2 is 1.45 bits per heavy atom. The van der Waals surface area contributed by atoms with Crippen molar-refractivity contribution in [2.45, 2.75) is 30.6 Å². The standard InChI is InChI=1S/C24H29N3O5S/c28-23(25-15-17-26(18-16-25)24(29)22-6-5-19-32-22)12-9-20-7-10-21(11-8-20)33(30,31)27-13-3-1-2-4-14-27/h5-12,19H,1-4,13-18H2. The fourth-order valence-corrected chi connectivity index (χ4v) is 5.66. The van der Waals surface area contributed by atoms with Gasteiger partial charge in [-0.2, -0.15) is 4.31 Å². The maximum absolute atomic E-state index is 12.9. The second-order valence-corrected chi connectivity index (χ2v) is 10.3. The van der Waals surface area contributed by atoms with Crippen molar-refractivity contribution >= 4 is 27.9 Å². The molecular formula is C24H29N3O5S. The first-order chi connectivity index (χ1) is 15.9. The highest BCUT2D eigenvalue weighted by Gasteiger charge is 2.26. The van der Waals surface area contributed by atoms with E-state index in [-0.39, 0.29) is 16.7 Å². The highest BCUT2D eigenvalue weighted by molar-refractivity contribution is 7.89. The fourth-order valence-electron chi connectivity index (χ4n) is 4.14.